The van der Waals surface area contributed by atoms with Gasteiger partial charge in [-0.3, -0.25) is 4.79 Å². The van der Waals surface area contributed by atoms with Crippen LogP contribution in [0, 0.1) is 41.4 Å². The SMILES string of the molecule is C#C[C@]1(O)[C@H](O)C[C@@H]2[C@@H]3CCC4=CC(=O)CC[C@@H]4[C@@H]3CC[C@@]21CC. The molecule has 0 aromatic rings. The van der Waals surface area contributed by atoms with Crippen LogP contribution in [0.25, 0.3) is 0 Å². The van der Waals surface area contributed by atoms with Gasteiger partial charge in [-0.1, -0.05) is 18.4 Å². The van der Waals surface area contributed by atoms with E-state index in [1.54, 1.807) is 0 Å². The fourth-order valence-electron chi connectivity index (χ4n) is 6.96. The van der Waals surface area contributed by atoms with Crippen molar-refractivity contribution in [1.82, 2.24) is 0 Å². The van der Waals surface area contributed by atoms with E-state index >= 15 is 0 Å². The molecule has 0 amide bonds. The van der Waals surface area contributed by atoms with Crippen molar-refractivity contribution in [1.29, 1.82) is 0 Å². The van der Waals surface area contributed by atoms with Gasteiger partial charge in [-0.15, -0.1) is 6.42 Å². The third-order valence-electron chi connectivity index (χ3n) is 8.08. The van der Waals surface area contributed by atoms with Gasteiger partial charge in [0.05, 0.1) is 6.10 Å². The third-order valence-corrected chi connectivity index (χ3v) is 8.08. The van der Waals surface area contributed by atoms with Crippen LogP contribution < -0.4 is 0 Å². The van der Waals surface area contributed by atoms with Gasteiger partial charge in [0.15, 0.2) is 11.4 Å². The number of carbonyl (C=O) groups is 1. The third kappa shape index (κ3) is 1.90. The van der Waals surface area contributed by atoms with Gasteiger partial charge in [-0.05, 0) is 74.7 Å². The number of carbonyl (C=O) groups excluding carboxylic acids is 1. The van der Waals surface area contributed by atoms with Crippen molar-refractivity contribution < 1.29 is 15.0 Å². The van der Waals surface area contributed by atoms with Gasteiger partial charge in [-0.2, -0.15) is 0 Å². The molecule has 4 aliphatic carbocycles. The Morgan fingerprint density at radius 2 is 2.08 bits per heavy atom. The number of hydrogen-bond acceptors (Lipinski definition) is 3. The molecule has 130 valence electrons. The van der Waals surface area contributed by atoms with Crippen molar-refractivity contribution in [2.24, 2.45) is 29.1 Å². The molecule has 2 N–H and O–H groups in total. The van der Waals surface area contributed by atoms with Crippen molar-refractivity contribution in [2.75, 3.05) is 0 Å². The van der Waals surface area contributed by atoms with Crippen LogP contribution in [-0.4, -0.2) is 27.7 Å². The molecule has 0 spiro atoms. The Kier molecular flexibility index (Phi) is 3.71. The van der Waals surface area contributed by atoms with E-state index in [4.69, 9.17) is 6.42 Å². The maximum Gasteiger partial charge on any atom is 0.156 e. The average Bonchev–Trinajstić information content (AvgIpc) is 2.83. The van der Waals surface area contributed by atoms with E-state index in [-0.39, 0.29) is 11.2 Å². The number of hydrogen-bond donors (Lipinski definition) is 2. The number of allylic oxidation sites excluding steroid dienone is 1. The Balaban J connectivity index is 1.70. The number of rotatable bonds is 1. The Morgan fingerprint density at radius 1 is 1.29 bits per heavy atom. The highest BCUT2D eigenvalue weighted by molar-refractivity contribution is 5.91. The quantitative estimate of drug-likeness (QED) is 0.728. The molecular weight excluding hydrogens is 300 g/mol. The lowest BCUT2D eigenvalue weighted by Crippen LogP contribution is -2.55. The van der Waals surface area contributed by atoms with Gasteiger partial charge in [-0.25, -0.2) is 0 Å². The van der Waals surface area contributed by atoms with Gasteiger partial charge in [0.1, 0.15) is 0 Å². The summed E-state index contributed by atoms with van der Waals surface area (Å²) in [4.78, 5) is 11.8. The van der Waals surface area contributed by atoms with Crippen molar-refractivity contribution in [3.63, 3.8) is 0 Å². The molecule has 0 bridgehead atoms. The minimum atomic E-state index is -1.38. The first-order chi connectivity index (χ1) is 11.5. The molecule has 0 aliphatic heterocycles. The molecule has 3 fully saturated rings. The summed E-state index contributed by atoms with van der Waals surface area (Å²) in [6, 6.07) is 0. The van der Waals surface area contributed by atoms with E-state index in [0.717, 1.165) is 38.5 Å². The van der Waals surface area contributed by atoms with Crippen LogP contribution in [0.4, 0.5) is 0 Å². The molecule has 0 aromatic heterocycles. The van der Waals surface area contributed by atoms with Crippen LogP contribution in [0.2, 0.25) is 0 Å². The minimum Gasteiger partial charge on any atom is -0.389 e. The summed E-state index contributed by atoms with van der Waals surface area (Å²) < 4.78 is 0. The molecule has 3 saturated carbocycles. The maximum absolute atomic E-state index is 11.8. The summed E-state index contributed by atoms with van der Waals surface area (Å²) in [5.74, 6) is 4.83. The van der Waals surface area contributed by atoms with E-state index in [1.165, 1.54) is 5.57 Å². The molecule has 4 rings (SSSR count). The number of terminal acetylenes is 1. The van der Waals surface area contributed by atoms with E-state index in [1.807, 2.05) is 6.08 Å². The minimum absolute atomic E-state index is 0.288. The van der Waals surface area contributed by atoms with E-state index in [9.17, 15) is 15.0 Å². The van der Waals surface area contributed by atoms with Crippen molar-refractivity contribution >= 4 is 5.78 Å². The van der Waals surface area contributed by atoms with Crippen molar-refractivity contribution in [2.45, 2.75) is 70.0 Å². The molecule has 0 aromatic carbocycles. The van der Waals surface area contributed by atoms with Crippen LogP contribution in [0.1, 0.15) is 58.3 Å². The van der Waals surface area contributed by atoms with E-state index in [2.05, 4.69) is 12.8 Å². The lowest BCUT2D eigenvalue weighted by atomic mass is 9.49. The molecule has 4 aliphatic rings. The summed E-state index contributed by atoms with van der Waals surface area (Å²) in [7, 11) is 0. The average molecular weight is 328 g/mol. The molecule has 3 nitrogen and oxygen atoms in total. The lowest BCUT2D eigenvalue weighted by molar-refractivity contribution is -0.125. The fraction of sp³-hybridized carbons (Fsp3) is 0.762. The molecule has 24 heavy (non-hydrogen) atoms. The molecular formula is C21H28O3. The monoisotopic (exact) mass is 328 g/mol. The van der Waals surface area contributed by atoms with Gasteiger partial charge in [0.2, 0.25) is 0 Å². The normalized spacial score (nSPS) is 50.3. The van der Waals surface area contributed by atoms with Gasteiger partial charge < -0.3 is 10.2 Å². The van der Waals surface area contributed by atoms with Crippen LogP contribution in [0.3, 0.4) is 0 Å². The number of aliphatic hydroxyl groups excluding tert-OH is 1. The smallest absolute Gasteiger partial charge is 0.156 e. The number of ketones is 1. The Bertz CT molecular complexity index is 629. The lowest BCUT2D eigenvalue weighted by Gasteiger charge is -2.55. The first-order valence-corrected chi connectivity index (χ1v) is 9.58. The molecule has 0 unspecified atom stereocenters. The zero-order chi connectivity index (χ0) is 17.1. The molecule has 7 atom stereocenters. The standard InChI is InChI=1S/C21H28O3/c1-3-20-10-9-16-15-8-6-14(22)11-13(15)5-7-17(16)18(20)12-19(23)21(20,24)4-2/h2,11,15-19,23-24H,3,5-10,12H2,1H3/t15-,16-,17+,18+,19+,20-,21-/m0/s1. The molecule has 0 radical (unpaired) electrons. The summed E-state index contributed by atoms with van der Waals surface area (Å²) in [5.41, 5.74) is -0.355. The molecule has 0 saturated heterocycles. The molecule has 3 heteroatoms. The summed E-state index contributed by atoms with van der Waals surface area (Å²) in [6.07, 6.45) is 13.9. The first kappa shape index (κ1) is 16.4. The second kappa shape index (κ2) is 5.44. The van der Waals surface area contributed by atoms with Crippen molar-refractivity contribution in [3.8, 4) is 12.3 Å². The van der Waals surface area contributed by atoms with Gasteiger partial charge in [0, 0.05) is 11.8 Å². The van der Waals surface area contributed by atoms with E-state index in [0.29, 0.717) is 36.5 Å². The molecule has 0 heterocycles. The number of aliphatic hydroxyl groups is 2. The Hall–Kier alpha value is -1.11. The second-order valence-corrected chi connectivity index (χ2v) is 8.51. The summed E-state index contributed by atoms with van der Waals surface area (Å²) in [5, 5.41) is 21.7. The fourth-order valence-corrected chi connectivity index (χ4v) is 6.96. The van der Waals surface area contributed by atoms with Gasteiger partial charge in [0.25, 0.3) is 0 Å². The van der Waals surface area contributed by atoms with Crippen LogP contribution in [-0.2, 0) is 4.79 Å². The summed E-state index contributed by atoms with van der Waals surface area (Å²) >= 11 is 0. The first-order valence-electron chi connectivity index (χ1n) is 9.58. The summed E-state index contributed by atoms with van der Waals surface area (Å²) in [6.45, 7) is 2.11. The predicted molar refractivity (Wildman–Crippen MR) is 91.9 cm³/mol. The second-order valence-electron chi connectivity index (χ2n) is 8.51. The van der Waals surface area contributed by atoms with Crippen LogP contribution >= 0.6 is 0 Å². The van der Waals surface area contributed by atoms with Crippen molar-refractivity contribution in [3.05, 3.63) is 11.6 Å². The predicted octanol–water partition coefficient (Wildman–Crippen LogP) is 2.85. The highest BCUT2D eigenvalue weighted by Crippen LogP contribution is 2.66. The number of fused-ring (bicyclic) bond motifs is 5. The highest BCUT2D eigenvalue weighted by Gasteiger charge is 2.67. The highest BCUT2D eigenvalue weighted by atomic mass is 16.3. The van der Waals surface area contributed by atoms with Crippen LogP contribution in [0.15, 0.2) is 11.6 Å². The topological polar surface area (TPSA) is 57.5 Å². The van der Waals surface area contributed by atoms with Gasteiger partial charge >= 0.3 is 0 Å². The zero-order valence-electron chi connectivity index (χ0n) is 14.5. The Labute approximate surface area is 144 Å². The van der Waals surface area contributed by atoms with Crippen LogP contribution in [0.5, 0.6) is 0 Å². The Morgan fingerprint density at radius 3 is 2.79 bits per heavy atom. The maximum atomic E-state index is 11.8. The zero-order valence-corrected chi connectivity index (χ0v) is 14.5. The largest absolute Gasteiger partial charge is 0.389 e. The van der Waals surface area contributed by atoms with E-state index < -0.39 is 11.7 Å².